The third-order valence-electron chi connectivity index (χ3n) is 2.90. The van der Waals surface area contributed by atoms with Gasteiger partial charge in [0.05, 0.1) is 6.54 Å². The summed E-state index contributed by atoms with van der Waals surface area (Å²) in [6.45, 7) is 1.06. The summed E-state index contributed by atoms with van der Waals surface area (Å²) in [7, 11) is 0. The van der Waals surface area contributed by atoms with Crippen LogP contribution >= 0.6 is 0 Å². The molecule has 0 atom stereocenters. The molecular formula is C14H17N3O. The second-order valence-corrected chi connectivity index (χ2v) is 4.24. The summed E-state index contributed by atoms with van der Waals surface area (Å²) in [5, 5.41) is 0. The Balaban J connectivity index is 2.23. The number of carbonyl (C=O) groups excluding carboxylic acids is 1. The summed E-state index contributed by atoms with van der Waals surface area (Å²) in [6, 6.07) is 5.56. The first-order valence-electron chi connectivity index (χ1n) is 6.27. The number of amides is 1. The summed E-state index contributed by atoms with van der Waals surface area (Å²) in [5.41, 5.74) is 6.00. The van der Waals surface area contributed by atoms with Gasteiger partial charge in [-0.25, -0.2) is 4.98 Å². The van der Waals surface area contributed by atoms with Gasteiger partial charge in [0.1, 0.15) is 11.5 Å². The number of rotatable bonds is 1. The van der Waals surface area contributed by atoms with Gasteiger partial charge in [-0.15, -0.1) is 0 Å². The molecule has 0 aromatic carbocycles. The number of aromatic nitrogens is 1. The maximum absolute atomic E-state index is 12.0. The molecule has 94 valence electrons. The van der Waals surface area contributed by atoms with Crippen LogP contribution in [0, 0.1) is 11.8 Å². The first-order valence-corrected chi connectivity index (χ1v) is 6.27. The van der Waals surface area contributed by atoms with E-state index >= 15 is 0 Å². The zero-order valence-electron chi connectivity index (χ0n) is 10.4. The van der Waals surface area contributed by atoms with Crippen LogP contribution in [0.15, 0.2) is 18.2 Å². The summed E-state index contributed by atoms with van der Waals surface area (Å²) in [4.78, 5) is 18.1. The SMILES string of the molecule is NCC#Cc1cccc(N2CCCCCC2=O)n1. The molecule has 1 aliphatic rings. The van der Waals surface area contributed by atoms with Crippen molar-refractivity contribution in [1.29, 1.82) is 0 Å². The van der Waals surface area contributed by atoms with Crippen LogP contribution in [0.5, 0.6) is 0 Å². The van der Waals surface area contributed by atoms with E-state index in [0.717, 1.165) is 25.8 Å². The average molecular weight is 243 g/mol. The Bertz CT molecular complexity index is 487. The van der Waals surface area contributed by atoms with E-state index in [1.165, 1.54) is 0 Å². The Morgan fingerprint density at radius 3 is 3.06 bits per heavy atom. The van der Waals surface area contributed by atoms with E-state index in [1.807, 2.05) is 18.2 Å². The minimum Gasteiger partial charge on any atom is -0.320 e. The normalized spacial score (nSPS) is 15.8. The van der Waals surface area contributed by atoms with Crippen LogP contribution in [-0.4, -0.2) is 24.0 Å². The van der Waals surface area contributed by atoms with E-state index in [4.69, 9.17) is 5.73 Å². The minimum atomic E-state index is 0.156. The van der Waals surface area contributed by atoms with Gasteiger partial charge in [0.25, 0.3) is 0 Å². The minimum absolute atomic E-state index is 0.156. The highest BCUT2D eigenvalue weighted by Gasteiger charge is 2.19. The van der Waals surface area contributed by atoms with Gasteiger partial charge < -0.3 is 5.73 Å². The second kappa shape index (κ2) is 6.18. The van der Waals surface area contributed by atoms with Gasteiger partial charge in [-0.05, 0) is 30.9 Å². The molecule has 4 nitrogen and oxygen atoms in total. The number of carbonyl (C=O) groups is 1. The quantitative estimate of drug-likeness (QED) is 0.756. The maximum Gasteiger partial charge on any atom is 0.228 e. The van der Waals surface area contributed by atoms with Gasteiger partial charge in [0.2, 0.25) is 5.91 Å². The van der Waals surface area contributed by atoms with Crippen LogP contribution in [0.2, 0.25) is 0 Å². The molecule has 0 spiro atoms. The summed E-state index contributed by atoms with van der Waals surface area (Å²) in [5.74, 6) is 6.52. The Hall–Kier alpha value is -1.86. The van der Waals surface area contributed by atoms with Gasteiger partial charge >= 0.3 is 0 Å². The van der Waals surface area contributed by atoms with Crippen LogP contribution in [0.1, 0.15) is 31.4 Å². The first-order chi connectivity index (χ1) is 8.81. The second-order valence-electron chi connectivity index (χ2n) is 4.24. The molecule has 0 aliphatic carbocycles. The predicted molar refractivity (Wildman–Crippen MR) is 71.0 cm³/mol. The van der Waals surface area contributed by atoms with E-state index in [2.05, 4.69) is 16.8 Å². The molecule has 2 heterocycles. The Morgan fingerprint density at radius 1 is 1.33 bits per heavy atom. The summed E-state index contributed by atoms with van der Waals surface area (Å²) >= 11 is 0. The Labute approximate surface area is 107 Å². The van der Waals surface area contributed by atoms with Gasteiger partial charge in [0, 0.05) is 13.0 Å². The van der Waals surface area contributed by atoms with Crippen LogP contribution in [0.4, 0.5) is 5.82 Å². The lowest BCUT2D eigenvalue weighted by Crippen LogP contribution is -2.30. The largest absolute Gasteiger partial charge is 0.320 e. The lowest BCUT2D eigenvalue weighted by molar-refractivity contribution is -0.118. The Kier molecular flexibility index (Phi) is 4.32. The molecule has 0 unspecified atom stereocenters. The van der Waals surface area contributed by atoms with Crippen LogP contribution in [-0.2, 0) is 4.79 Å². The zero-order chi connectivity index (χ0) is 12.8. The lowest BCUT2D eigenvalue weighted by atomic mass is 10.2. The van der Waals surface area contributed by atoms with Crippen molar-refractivity contribution < 1.29 is 4.79 Å². The molecule has 2 rings (SSSR count). The van der Waals surface area contributed by atoms with Crippen molar-refractivity contribution in [3.63, 3.8) is 0 Å². The molecule has 1 aromatic heterocycles. The lowest BCUT2D eigenvalue weighted by Gasteiger charge is -2.19. The number of pyridine rings is 1. The molecule has 0 bridgehead atoms. The number of nitrogens with zero attached hydrogens (tertiary/aromatic N) is 2. The topological polar surface area (TPSA) is 59.2 Å². The van der Waals surface area contributed by atoms with Gasteiger partial charge in [0.15, 0.2) is 0 Å². The zero-order valence-corrected chi connectivity index (χ0v) is 10.4. The molecular weight excluding hydrogens is 226 g/mol. The van der Waals surface area contributed by atoms with Gasteiger partial charge in [-0.1, -0.05) is 18.4 Å². The van der Waals surface area contributed by atoms with E-state index in [1.54, 1.807) is 4.90 Å². The molecule has 1 saturated heterocycles. The monoisotopic (exact) mass is 243 g/mol. The molecule has 1 amide bonds. The van der Waals surface area contributed by atoms with Crippen LogP contribution in [0.3, 0.4) is 0 Å². The molecule has 1 aliphatic heterocycles. The molecule has 2 N–H and O–H groups in total. The van der Waals surface area contributed by atoms with E-state index in [9.17, 15) is 4.79 Å². The number of hydrogen-bond acceptors (Lipinski definition) is 3. The van der Waals surface area contributed by atoms with Gasteiger partial charge in [-0.3, -0.25) is 9.69 Å². The van der Waals surface area contributed by atoms with Crippen molar-refractivity contribution in [3.8, 4) is 11.8 Å². The van der Waals surface area contributed by atoms with Crippen molar-refractivity contribution in [2.24, 2.45) is 5.73 Å². The number of hydrogen-bond donors (Lipinski definition) is 1. The van der Waals surface area contributed by atoms with Crippen molar-refractivity contribution in [2.75, 3.05) is 18.0 Å². The highest BCUT2D eigenvalue weighted by Crippen LogP contribution is 2.18. The molecule has 0 saturated carbocycles. The van der Waals surface area contributed by atoms with Crippen molar-refractivity contribution in [1.82, 2.24) is 4.98 Å². The fourth-order valence-corrected chi connectivity index (χ4v) is 2.01. The average Bonchev–Trinajstić information content (AvgIpc) is 2.61. The predicted octanol–water partition coefficient (Wildman–Crippen LogP) is 1.30. The third kappa shape index (κ3) is 3.08. The summed E-state index contributed by atoms with van der Waals surface area (Å²) < 4.78 is 0. The molecule has 4 heteroatoms. The maximum atomic E-state index is 12.0. The van der Waals surface area contributed by atoms with Gasteiger partial charge in [-0.2, -0.15) is 0 Å². The third-order valence-corrected chi connectivity index (χ3v) is 2.90. The van der Waals surface area contributed by atoms with Crippen LogP contribution in [0.25, 0.3) is 0 Å². The van der Waals surface area contributed by atoms with E-state index in [0.29, 0.717) is 24.5 Å². The standard InChI is InChI=1S/C14H17N3O/c15-10-5-7-12-6-4-8-13(16-12)17-11-3-1-2-9-14(17)18/h4,6,8H,1-3,9-11,15H2. The number of nitrogens with two attached hydrogens (primary N) is 1. The smallest absolute Gasteiger partial charge is 0.228 e. The molecule has 18 heavy (non-hydrogen) atoms. The van der Waals surface area contributed by atoms with Crippen LogP contribution < -0.4 is 10.6 Å². The molecule has 0 radical (unpaired) electrons. The fraction of sp³-hybridized carbons (Fsp3) is 0.429. The molecule has 1 aromatic rings. The highest BCUT2D eigenvalue weighted by atomic mass is 16.2. The Morgan fingerprint density at radius 2 is 2.22 bits per heavy atom. The van der Waals surface area contributed by atoms with Crippen molar-refractivity contribution in [2.45, 2.75) is 25.7 Å². The summed E-state index contributed by atoms with van der Waals surface area (Å²) in [6.07, 6.45) is 3.73. The van der Waals surface area contributed by atoms with Crippen molar-refractivity contribution in [3.05, 3.63) is 23.9 Å². The van der Waals surface area contributed by atoms with Crippen molar-refractivity contribution >= 4 is 11.7 Å². The number of anilines is 1. The van der Waals surface area contributed by atoms with E-state index in [-0.39, 0.29) is 5.91 Å². The highest BCUT2D eigenvalue weighted by molar-refractivity contribution is 5.92. The molecule has 1 fully saturated rings. The van der Waals surface area contributed by atoms with E-state index < -0.39 is 0 Å². The first kappa shape index (κ1) is 12.6. The fourth-order valence-electron chi connectivity index (χ4n) is 2.01.